The van der Waals surface area contributed by atoms with E-state index < -0.39 is 4.33 Å². The molecular formula is C17H21Cl2NO4. The van der Waals surface area contributed by atoms with E-state index in [-0.39, 0.29) is 17.9 Å². The van der Waals surface area contributed by atoms with Gasteiger partial charge in [-0.3, -0.25) is 4.79 Å². The number of nitrogens with zero attached hydrogens (tertiary/aromatic N) is 1. The van der Waals surface area contributed by atoms with Crippen LogP contribution in [0.4, 0.5) is 0 Å². The number of alkyl halides is 2. The van der Waals surface area contributed by atoms with Gasteiger partial charge in [-0.1, -0.05) is 6.07 Å². The van der Waals surface area contributed by atoms with E-state index in [9.17, 15) is 4.79 Å². The third-order valence-electron chi connectivity index (χ3n) is 4.54. The molecule has 0 unspecified atom stereocenters. The molecule has 7 heteroatoms. The van der Waals surface area contributed by atoms with Crippen LogP contribution in [0, 0.1) is 5.92 Å². The molecule has 0 N–H and O–H groups in total. The SMILES string of the molecule is COc1cccc(OC)c1OC1CCN(C(=O)[C@H]2CC2(Cl)Cl)CC1. The van der Waals surface area contributed by atoms with Gasteiger partial charge in [-0.25, -0.2) is 0 Å². The highest BCUT2D eigenvalue weighted by Crippen LogP contribution is 2.54. The van der Waals surface area contributed by atoms with Crippen LogP contribution >= 0.6 is 23.2 Å². The maximum Gasteiger partial charge on any atom is 0.228 e. The molecule has 0 bridgehead atoms. The number of carbonyl (C=O) groups excluding carboxylic acids is 1. The van der Waals surface area contributed by atoms with Gasteiger partial charge in [0, 0.05) is 25.9 Å². The molecule has 0 radical (unpaired) electrons. The smallest absolute Gasteiger partial charge is 0.228 e. The fourth-order valence-corrected chi connectivity index (χ4v) is 3.49. The Hall–Kier alpha value is -1.33. The normalized spacial score (nSPS) is 22.8. The van der Waals surface area contributed by atoms with Crippen LogP contribution < -0.4 is 14.2 Å². The Morgan fingerprint density at radius 2 is 1.71 bits per heavy atom. The molecule has 0 spiro atoms. The van der Waals surface area contributed by atoms with E-state index in [0.29, 0.717) is 36.8 Å². The van der Waals surface area contributed by atoms with Crippen molar-refractivity contribution in [2.75, 3.05) is 27.3 Å². The number of amides is 1. The number of carbonyl (C=O) groups is 1. The van der Waals surface area contributed by atoms with Gasteiger partial charge in [0.1, 0.15) is 10.4 Å². The van der Waals surface area contributed by atoms with Crippen molar-refractivity contribution in [2.45, 2.75) is 29.7 Å². The van der Waals surface area contributed by atoms with Crippen LogP contribution in [0.5, 0.6) is 17.2 Å². The van der Waals surface area contributed by atoms with Gasteiger partial charge < -0.3 is 19.1 Å². The van der Waals surface area contributed by atoms with Crippen molar-refractivity contribution >= 4 is 29.1 Å². The van der Waals surface area contributed by atoms with E-state index in [1.54, 1.807) is 14.2 Å². The summed E-state index contributed by atoms with van der Waals surface area (Å²) in [5.74, 6) is 1.68. The Labute approximate surface area is 151 Å². The Morgan fingerprint density at radius 1 is 1.17 bits per heavy atom. The zero-order chi connectivity index (χ0) is 17.3. The Bertz CT molecular complexity index is 592. The molecule has 1 saturated carbocycles. The minimum absolute atomic E-state index is 0.00946. The summed E-state index contributed by atoms with van der Waals surface area (Å²) in [7, 11) is 3.20. The third-order valence-corrected chi connectivity index (χ3v) is 5.38. The van der Waals surface area contributed by atoms with Gasteiger partial charge in [-0.05, 0) is 18.6 Å². The molecule has 1 amide bonds. The van der Waals surface area contributed by atoms with E-state index in [4.69, 9.17) is 37.4 Å². The summed E-state index contributed by atoms with van der Waals surface area (Å²) < 4.78 is 15.9. The van der Waals surface area contributed by atoms with Crippen molar-refractivity contribution in [2.24, 2.45) is 5.92 Å². The number of benzene rings is 1. The molecule has 132 valence electrons. The Kier molecular flexibility index (Phi) is 5.02. The van der Waals surface area contributed by atoms with E-state index in [2.05, 4.69) is 0 Å². The van der Waals surface area contributed by atoms with Crippen molar-refractivity contribution in [3.63, 3.8) is 0 Å². The fourth-order valence-electron chi connectivity index (χ4n) is 3.00. The van der Waals surface area contributed by atoms with Crippen molar-refractivity contribution < 1.29 is 19.0 Å². The highest BCUT2D eigenvalue weighted by atomic mass is 35.5. The molecule has 1 aliphatic heterocycles. The van der Waals surface area contributed by atoms with Gasteiger partial charge in [0.15, 0.2) is 11.5 Å². The molecule has 0 aromatic heterocycles. The molecule has 1 aliphatic carbocycles. The summed E-state index contributed by atoms with van der Waals surface area (Å²) in [6.07, 6.45) is 2.05. The number of para-hydroxylation sites is 1. The zero-order valence-electron chi connectivity index (χ0n) is 13.8. The Balaban J connectivity index is 1.59. The average molecular weight is 374 g/mol. The molecule has 1 aromatic carbocycles. The molecular weight excluding hydrogens is 353 g/mol. The Morgan fingerprint density at radius 3 is 2.17 bits per heavy atom. The summed E-state index contributed by atoms with van der Waals surface area (Å²) in [5, 5.41) is 0. The topological polar surface area (TPSA) is 48.0 Å². The van der Waals surface area contributed by atoms with Crippen LogP contribution in [-0.4, -0.2) is 48.6 Å². The van der Waals surface area contributed by atoms with E-state index in [1.807, 2.05) is 23.1 Å². The molecule has 1 saturated heterocycles. The van der Waals surface area contributed by atoms with Crippen LogP contribution in [0.2, 0.25) is 0 Å². The lowest BCUT2D eigenvalue weighted by Gasteiger charge is -2.33. The number of hydrogen-bond acceptors (Lipinski definition) is 4. The maximum absolute atomic E-state index is 12.3. The van der Waals surface area contributed by atoms with Gasteiger partial charge >= 0.3 is 0 Å². The first-order chi connectivity index (χ1) is 11.5. The number of ether oxygens (including phenoxy) is 3. The maximum atomic E-state index is 12.3. The number of rotatable bonds is 5. The van der Waals surface area contributed by atoms with Crippen LogP contribution in [0.1, 0.15) is 19.3 Å². The van der Waals surface area contributed by atoms with E-state index in [0.717, 1.165) is 12.8 Å². The van der Waals surface area contributed by atoms with Crippen LogP contribution in [0.15, 0.2) is 18.2 Å². The quantitative estimate of drug-likeness (QED) is 0.743. The standard InChI is InChI=1S/C17H21Cl2NO4/c1-22-13-4-3-5-14(23-2)15(13)24-11-6-8-20(9-7-11)16(21)12-10-17(12,18)19/h3-5,11-12H,6-10H2,1-2H3/t12-/m1/s1. The highest BCUT2D eigenvalue weighted by Gasteiger charge is 2.57. The predicted octanol–water partition coefficient (Wildman–Crippen LogP) is 3.27. The van der Waals surface area contributed by atoms with Gasteiger partial charge in [-0.15, -0.1) is 23.2 Å². The molecule has 3 rings (SSSR count). The summed E-state index contributed by atoms with van der Waals surface area (Å²) in [4.78, 5) is 14.1. The summed E-state index contributed by atoms with van der Waals surface area (Å²) in [6.45, 7) is 1.28. The summed E-state index contributed by atoms with van der Waals surface area (Å²) in [5.41, 5.74) is 0. The molecule has 2 aliphatic rings. The number of halogens is 2. The van der Waals surface area contributed by atoms with Crippen LogP contribution in [0.3, 0.4) is 0 Å². The lowest BCUT2D eigenvalue weighted by Crippen LogP contribution is -2.43. The molecule has 1 aromatic rings. The van der Waals surface area contributed by atoms with E-state index >= 15 is 0 Å². The second kappa shape index (κ2) is 6.89. The summed E-state index contributed by atoms with van der Waals surface area (Å²) >= 11 is 12.0. The molecule has 5 nitrogen and oxygen atoms in total. The molecule has 24 heavy (non-hydrogen) atoms. The van der Waals surface area contributed by atoms with Gasteiger partial charge in [-0.2, -0.15) is 0 Å². The lowest BCUT2D eigenvalue weighted by atomic mass is 10.1. The number of piperidine rings is 1. The third kappa shape index (κ3) is 3.52. The van der Waals surface area contributed by atoms with Gasteiger partial charge in [0.25, 0.3) is 0 Å². The first kappa shape index (κ1) is 17.5. The molecule has 2 fully saturated rings. The van der Waals surface area contributed by atoms with Crippen LogP contribution in [-0.2, 0) is 4.79 Å². The summed E-state index contributed by atoms with van der Waals surface area (Å²) in [6, 6.07) is 5.53. The average Bonchev–Trinajstić information content (AvgIpc) is 3.23. The number of hydrogen-bond donors (Lipinski definition) is 0. The molecule has 1 atom stereocenters. The zero-order valence-corrected chi connectivity index (χ0v) is 15.3. The highest BCUT2D eigenvalue weighted by molar-refractivity contribution is 6.52. The lowest BCUT2D eigenvalue weighted by molar-refractivity contribution is -0.134. The predicted molar refractivity (Wildman–Crippen MR) is 92.3 cm³/mol. The largest absolute Gasteiger partial charge is 0.493 e. The van der Waals surface area contributed by atoms with Crippen molar-refractivity contribution in [3.05, 3.63) is 18.2 Å². The number of likely N-dealkylation sites (tertiary alicyclic amines) is 1. The van der Waals surface area contributed by atoms with Crippen molar-refractivity contribution in [1.29, 1.82) is 0 Å². The second-order valence-electron chi connectivity index (χ2n) is 6.15. The van der Waals surface area contributed by atoms with Crippen molar-refractivity contribution in [3.8, 4) is 17.2 Å². The molecule has 1 heterocycles. The first-order valence-corrected chi connectivity index (χ1v) is 8.76. The number of methoxy groups -OCH3 is 2. The minimum Gasteiger partial charge on any atom is -0.493 e. The van der Waals surface area contributed by atoms with Crippen LogP contribution in [0.25, 0.3) is 0 Å². The monoisotopic (exact) mass is 373 g/mol. The fraction of sp³-hybridized carbons (Fsp3) is 0.588. The minimum atomic E-state index is -0.866. The second-order valence-corrected chi connectivity index (χ2v) is 7.69. The van der Waals surface area contributed by atoms with Gasteiger partial charge in [0.05, 0.1) is 20.1 Å². The van der Waals surface area contributed by atoms with Gasteiger partial charge in [0.2, 0.25) is 11.7 Å². The first-order valence-electron chi connectivity index (χ1n) is 8.00. The van der Waals surface area contributed by atoms with E-state index in [1.165, 1.54) is 0 Å². The van der Waals surface area contributed by atoms with Crippen molar-refractivity contribution in [1.82, 2.24) is 4.90 Å².